The van der Waals surface area contributed by atoms with E-state index in [1.54, 1.807) is 0 Å². The molecule has 0 bridgehead atoms. The molecule has 2 aromatic carbocycles. The molecular formula is C28H34IrNO2-. The maximum absolute atomic E-state index is 11.5. The first-order valence-electron chi connectivity index (χ1n) is 10.6. The summed E-state index contributed by atoms with van der Waals surface area (Å²) in [5.41, 5.74) is 4.76. The van der Waals surface area contributed by atoms with Crippen LogP contribution >= 0.6 is 0 Å². The van der Waals surface area contributed by atoms with Crippen LogP contribution in [0.2, 0.25) is 0 Å². The molecule has 1 aromatic heterocycles. The molecule has 0 atom stereocenters. The molecule has 0 saturated heterocycles. The third-order valence-corrected chi connectivity index (χ3v) is 4.87. The van der Waals surface area contributed by atoms with E-state index in [0.717, 1.165) is 16.8 Å². The second kappa shape index (κ2) is 11.0. The summed E-state index contributed by atoms with van der Waals surface area (Å²) in [5.74, 6) is 0.104. The minimum atomic E-state index is -0.417. The van der Waals surface area contributed by atoms with Gasteiger partial charge in [-0.2, -0.15) is 0 Å². The predicted molar refractivity (Wildman–Crippen MR) is 130 cm³/mol. The maximum atomic E-state index is 11.5. The van der Waals surface area contributed by atoms with Crippen molar-refractivity contribution in [2.45, 2.75) is 55.4 Å². The number of carbonyl (C=O) groups is 1. The van der Waals surface area contributed by atoms with Gasteiger partial charge in [-0.25, -0.2) is 0 Å². The second-order valence-corrected chi connectivity index (χ2v) is 10.1. The SMILES string of the molecule is CC(C)(C)C(=O)/C=C(\O)C(C)(C)C.Cc1c[c-]c(-c2ccc3ccc(C)cc3n2)cc1.[Ir]. The number of aromatic nitrogens is 1. The number of rotatable bonds is 2. The van der Waals surface area contributed by atoms with Crippen LogP contribution in [-0.2, 0) is 24.9 Å². The van der Waals surface area contributed by atoms with Crippen molar-refractivity contribution < 1.29 is 30.0 Å². The van der Waals surface area contributed by atoms with Crippen molar-refractivity contribution in [2.24, 2.45) is 10.8 Å². The van der Waals surface area contributed by atoms with E-state index >= 15 is 0 Å². The Hall–Kier alpha value is -2.29. The molecule has 1 radical (unpaired) electrons. The largest absolute Gasteiger partial charge is 0.512 e. The molecule has 1 N–H and O–H groups in total. The van der Waals surface area contributed by atoms with E-state index in [0.29, 0.717) is 0 Å². The van der Waals surface area contributed by atoms with Gasteiger partial charge in [0.1, 0.15) is 5.76 Å². The molecule has 0 saturated carbocycles. The Labute approximate surface area is 206 Å². The molecule has 0 aliphatic heterocycles. The van der Waals surface area contributed by atoms with Gasteiger partial charge in [0.2, 0.25) is 0 Å². The minimum absolute atomic E-state index is 0. The average Bonchev–Trinajstić information content (AvgIpc) is 2.67. The third-order valence-electron chi connectivity index (χ3n) is 4.87. The number of aliphatic hydroxyl groups excluding tert-OH is 1. The summed E-state index contributed by atoms with van der Waals surface area (Å²) in [7, 11) is 0. The van der Waals surface area contributed by atoms with E-state index < -0.39 is 5.41 Å². The zero-order chi connectivity index (χ0) is 23.4. The molecule has 32 heavy (non-hydrogen) atoms. The Morgan fingerprint density at radius 3 is 2.03 bits per heavy atom. The average molecular weight is 609 g/mol. The Morgan fingerprint density at radius 1 is 0.906 bits per heavy atom. The number of aliphatic hydroxyl groups is 1. The molecule has 0 unspecified atom stereocenters. The number of hydrogen-bond acceptors (Lipinski definition) is 3. The zero-order valence-electron chi connectivity index (χ0n) is 20.3. The molecular weight excluding hydrogens is 575 g/mol. The Morgan fingerprint density at radius 2 is 1.50 bits per heavy atom. The summed E-state index contributed by atoms with van der Waals surface area (Å²) in [6.07, 6.45) is 1.33. The summed E-state index contributed by atoms with van der Waals surface area (Å²) < 4.78 is 0. The molecule has 0 spiro atoms. The molecule has 3 nitrogen and oxygen atoms in total. The van der Waals surface area contributed by atoms with Gasteiger partial charge in [-0.05, 0) is 29.6 Å². The standard InChI is InChI=1S/C17H14N.C11H20O2.Ir/c1-12-3-6-14(7-4-12)16-10-9-15-8-5-13(2)11-17(15)18-16;1-10(2,3)8(12)7-9(13)11(4,5)6;/h3-6,8-11H,1-2H3;7,12H,1-6H3;/q-1;;/b;8-7-;. The van der Waals surface area contributed by atoms with E-state index in [2.05, 4.69) is 62.4 Å². The number of hydrogen-bond donors (Lipinski definition) is 1. The number of aryl methyl sites for hydroxylation is 2. The summed E-state index contributed by atoms with van der Waals surface area (Å²) in [5, 5.41) is 10.7. The van der Waals surface area contributed by atoms with Gasteiger partial charge in [-0.1, -0.05) is 72.7 Å². The molecule has 173 valence electrons. The molecule has 0 fully saturated rings. The summed E-state index contributed by atoms with van der Waals surface area (Å²) in [4.78, 5) is 16.2. The fraction of sp³-hybridized carbons (Fsp3) is 0.357. The van der Waals surface area contributed by atoms with Crippen LogP contribution < -0.4 is 0 Å². The van der Waals surface area contributed by atoms with Gasteiger partial charge in [0, 0.05) is 37.0 Å². The fourth-order valence-corrected chi connectivity index (χ4v) is 2.60. The molecule has 4 heteroatoms. The number of ketones is 1. The van der Waals surface area contributed by atoms with Crippen molar-refractivity contribution in [2.75, 3.05) is 0 Å². The van der Waals surface area contributed by atoms with Crippen molar-refractivity contribution in [3.05, 3.63) is 77.6 Å². The van der Waals surface area contributed by atoms with Gasteiger partial charge in [0.05, 0.1) is 5.52 Å². The minimum Gasteiger partial charge on any atom is -0.512 e. The van der Waals surface area contributed by atoms with Gasteiger partial charge >= 0.3 is 0 Å². The Kier molecular flexibility index (Phi) is 9.56. The first-order valence-corrected chi connectivity index (χ1v) is 10.6. The summed E-state index contributed by atoms with van der Waals surface area (Å²) in [6, 6.07) is 19.9. The van der Waals surface area contributed by atoms with E-state index in [9.17, 15) is 9.90 Å². The summed E-state index contributed by atoms with van der Waals surface area (Å²) in [6.45, 7) is 15.3. The van der Waals surface area contributed by atoms with Crippen LogP contribution in [0.5, 0.6) is 0 Å². The second-order valence-electron chi connectivity index (χ2n) is 10.1. The Balaban J connectivity index is 0.000000330. The van der Waals surface area contributed by atoms with Crippen LogP contribution in [-0.4, -0.2) is 15.9 Å². The van der Waals surface area contributed by atoms with Crippen LogP contribution in [0, 0.1) is 30.7 Å². The van der Waals surface area contributed by atoms with E-state index in [1.165, 1.54) is 22.6 Å². The molecule has 0 aliphatic carbocycles. The van der Waals surface area contributed by atoms with E-state index in [1.807, 2.05) is 47.6 Å². The van der Waals surface area contributed by atoms with Crippen molar-refractivity contribution >= 4 is 16.7 Å². The Bertz CT molecular complexity index is 1090. The zero-order valence-corrected chi connectivity index (χ0v) is 22.7. The van der Waals surface area contributed by atoms with Crippen LogP contribution in [0.4, 0.5) is 0 Å². The first-order chi connectivity index (χ1) is 14.3. The monoisotopic (exact) mass is 609 g/mol. The van der Waals surface area contributed by atoms with Gasteiger partial charge in [0.25, 0.3) is 0 Å². The van der Waals surface area contributed by atoms with E-state index in [-0.39, 0.29) is 37.1 Å². The van der Waals surface area contributed by atoms with Gasteiger partial charge in [-0.15, -0.1) is 35.4 Å². The van der Waals surface area contributed by atoms with Crippen molar-refractivity contribution in [3.63, 3.8) is 0 Å². The van der Waals surface area contributed by atoms with Crippen molar-refractivity contribution in [1.29, 1.82) is 0 Å². The number of fused-ring (bicyclic) bond motifs is 1. The van der Waals surface area contributed by atoms with Crippen molar-refractivity contribution in [1.82, 2.24) is 4.98 Å². The topological polar surface area (TPSA) is 50.2 Å². The normalized spacial score (nSPS) is 11.9. The van der Waals surface area contributed by atoms with Crippen molar-refractivity contribution in [3.8, 4) is 11.3 Å². The first kappa shape index (κ1) is 27.7. The summed E-state index contributed by atoms with van der Waals surface area (Å²) >= 11 is 0. The van der Waals surface area contributed by atoms with Crippen LogP contribution in [0.3, 0.4) is 0 Å². The van der Waals surface area contributed by atoms with Crippen LogP contribution in [0.25, 0.3) is 22.2 Å². The molecule has 1 heterocycles. The van der Waals surface area contributed by atoms with E-state index in [4.69, 9.17) is 4.98 Å². The fourth-order valence-electron chi connectivity index (χ4n) is 2.60. The number of allylic oxidation sites excluding steroid dienone is 2. The van der Waals surface area contributed by atoms with Crippen LogP contribution in [0.1, 0.15) is 52.7 Å². The molecule has 0 amide bonds. The molecule has 3 aromatic rings. The molecule has 0 aliphatic rings. The van der Waals surface area contributed by atoms with Gasteiger partial charge in [0.15, 0.2) is 5.78 Å². The van der Waals surface area contributed by atoms with Gasteiger partial charge in [-0.3, -0.25) is 9.78 Å². The number of pyridine rings is 1. The molecule has 3 rings (SSSR count). The number of nitrogens with zero attached hydrogens (tertiary/aromatic N) is 1. The maximum Gasteiger partial charge on any atom is 0.164 e. The smallest absolute Gasteiger partial charge is 0.164 e. The van der Waals surface area contributed by atoms with Gasteiger partial charge < -0.3 is 5.11 Å². The quantitative estimate of drug-likeness (QED) is 0.187. The van der Waals surface area contributed by atoms with Crippen LogP contribution in [0.15, 0.2) is 60.4 Å². The number of carbonyl (C=O) groups excluding carboxylic acids is 1. The predicted octanol–water partition coefficient (Wildman–Crippen LogP) is 7.41. The third kappa shape index (κ3) is 8.00. The number of benzene rings is 2.